The maximum atomic E-state index is 5.01. The summed E-state index contributed by atoms with van der Waals surface area (Å²) in [5.41, 5.74) is 1.95. The van der Waals surface area contributed by atoms with Crippen LogP contribution in [0.25, 0.3) is 0 Å². The van der Waals surface area contributed by atoms with Crippen LogP contribution in [0.4, 0.5) is 0 Å². The van der Waals surface area contributed by atoms with Gasteiger partial charge in [-0.1, -0.05) is 19.0 Å². The first-order valence-corrected chi connectivity index (χ1v) is 5.80. The molecule has 0 rings (SSSR count). The highest BCUT2D eigenvalue weighted by Gasteiger charge is 2.15. The van der Waals surface area contributed by atoms with Gasteiger partial charge in [-0.05, 0) is 6.04 Å². The van der Waals surface area contributed by atoms with Gasteiger partial charge >= 0.3 is 0 Å². The molecule has 0 bridgehead atoms. The van der Waals surface area contributed by atoms with E-state index in [0.717, 1.165) is 12.5 Å². The summed E-state index contributed by atoms with van der Waals surface area (Å²) in [6.45, 7) is 5.90. The Balaban J connectivity index is 3.86. The van der Waals surface area contributed by atoms with Crippen molar-refractivity contribution in [3.63, 3.8) is 0 Å². The summed E-state index contributed by atoms with van der Waals surface area (Å²) in [4.78, 5) is 11.6. The van der Waals surface area contributed by atoms with Crippen molar-refractivity contribution in [2.24, 2.45) is 0 Å². The highest BCUT2D eigenvalue weighted by atomic mass is 28.3. The molecule has 11 heavy (non-hydrogen) atoms. The van der Waals surface area contributed by atoms with Crippen LogP contribution in [0.1, 0.15) is 13.3 Å². The molecular weight excluding hydrogens is 158 g/mol. The normalized spacial score (nSPS) is 13.5. The zero-order valence-corrected chi connectivity index (χ0v) is 8.69. The first kappa shape index (κ1) is 10.8. The smallest absolute Gasteiger partial charge is 0.205 e. The van der Waals surface area contributed by atoms with Crippen molar-refractivity contribution in [2.75, 3.05) is 14.2 Å². The number of hydrogen-bond acceptors (Lipinski definition) is 3. The van der Waals surface area contributed by atoms with Gasteiger partial charge in [0.1, 0.15) is 0 Å². The quantitative estimate of drug-likeness (QED) is 0.448. The van der Waals surface area contributed by atoms with Gasteiger partial charge in [-0.25, -0.2) is 0 Å². The fraction of sp³-hybridized carbons (Fsp3) is 0.714. The van der Waals surface area contributed by atoms with E-state index in [1.54, 1.807) is 19.1 Å². The van der Waals surface area contributed by atoms with E-state index < -0.39 is 8.96 Å². The average Bonchev–Trinajstić information content (AvgIpc) is 2.05. The van der Waals surface area contributed by atoms with Gasteiger partial charge in [0.2, 0.25) is 8.96 Å². The molecule has 0 heterocycles. The zero-order chi connectivity index (χ0) is 8.69. The molecule has 0 N–H and O–H groups in total. The third-order valence-corrected chi connectivity index (χ3v) is 4.16. The van der Waals surface area contributed by atoms with Gasteiger partial charge in [-0.2, -0.15) is 0 Å². The zero-order valence-electron chi connectivity index (χ0n) is 7.54. The summed E-state index contributed by atoms with van der Waals surface area (Å²) in [7, 11) is 2.05. The van der Waals surface area contributed by atoms with Gasteiger partial charge in [0.15, 0.2) is 0 Å². The summed E-state index contributed by atoms with van der Waals surface area (Å²) in [6.07, 6.45) is 1.14. The standard InChI is InChI=1S/C7H17NO2Si/c1-5-7-11(6-2)8(9-3)10-4/h6,11H,2,5,7H2,1,3-4H3. The van der Waals surface area contributed by atoms with Crippen LogP contribution in [0.3, 0.4) is 0 Å². The molecule has 3 nitrogen and oxygen atoms in total. The predicted octanol–water partition coefficient (Wildman–Crippen LogP) is 1.27. The van der Waals surface area contributed by atoms with Crippen LogP contribution < -0.4 is 0 Å². The van der Waals surface area contributed by atoms with E-state index >= 15 is 0 Å². The lowest BCUT2D eigenvalue weighted by molar-refractivity contribution is -0.279. The average molecular weight is 175 g/mol. The molecule has 66 valence electrons. The molecule has 1 atom stereocenters. The highest BCUT2D eigenvalue weighted by Crippen LogP contribution is 2.04. The third-order valence-electron chi connectivity index (χ3n) is 1.49. The first-order valence-electron chi connectivity index (χ1n) is 3.80. The van der Waals surface area contributed by atoms with Gasteiger partial charge in [0, 0.05) is 0 Å². The molecule has 1 unspecified atom stereocenters. The molecule has 0 aromatic rings. The number of hydrogen-bond donors (Lipinski definition) is 0. The topological polar surface area (TPSA) is 21.7 Å². The maximum Gasteiger partial charge on any atom is 0.205 e. The Morgan fingerprint density at radius 1 is 1.45 bits per heavy atom. The molecule has 0 aliphatic carbocycles. The van der Waals surface area contributed by atoms with E-state index in [1.165, 1.54) is 0 Å². The molecule has 0 aliphatic heterocycles. The fourth-order valence-corrected chi connectivity index (χ4v) is 2.70. The van der Waals surface area contributed by atoms with E-state index in [4.69, 9.17) is 9.68 Å². The molecule has 0 fully saturated rings. The highest BCUT2D eigenvalue weighted by molar-refractivity contribution is 6.60. The van der Waals surface area contributed by atoms with Crippen molar-refractivity contribution in [2.45, 2.75) is 19.4 Å². The lowest BCUT2D eigenvalue weighted by Gasteiger charge is -2.22. The van der Waals surface area contributed by atoms with Crippen molar-refractivity contribution >= 4 is 8.96 Å². The van der Waals surface area contributed by atoms with Gasteiger partial charge < -0.3 is 0 Å². The summed E-state index contributed by atoms with van der Waals surface area (Å²) in [5, 5.41) is 0. The molecule has 0 amide bonds. The minimum absolute atomic E-state index is 1.13. The van der Waals surface area contributed by atoms with Gasteiger partial charge in [-0.3, -0.25) is 9.68 Å². The van der Waals surface area contributed by atoms with E-state index in [-0.39, 0.29) is 0 Å². The minimum atomic E-state index is -1.18. The molecule has 0 aromatic heterocycles. The molecule has 0 aromatic carbocycles. The van der Waals surface area contributed by atoms with Crippen LogP contribution in [-0.4, -0.2) is 28.1 Å². The Labute approximate surface area is 70.2 Å². The van der Waals surface area contributed by atoms with Crippen molar-refractivity contribution < 1.29 is 9.68 Å². The molecule has 0 aliphatic rings. The van der Waals surface area contributed by atoms with E-state index in [0.29, 0.717) is 0 Å². The second kappa shape index (κ2) is 6.54. The van der Waals surface area contributed by atoms with E-state index in [9.17, 15) is 0 Å². The molecule has 0 spiro atoms. The Morgan fingerprint density at radius 2 is 2.00 bits per heavy atom. The first-order chi connectivity index (χ1) is 5.29. The van der Waals surface area contributed by atoms with Crippen molar-refractivity contribution in [1.29, 1.82) is 0 Å². The second-order valence-corrected chi connectivity index (χ2v) is 4.85. The SMILES string of the molecule is C=C[SiH](CCC)N(OC)OC. The van der Waals surface area contributed by atoms with Crippen LogP contribution in [0.15, 0.2) is 12.3 Å². The van der Waals surface area contributed by atoms with Crippen LogP contribution >= 0.6 is 0 Å². The molecule has 0 saturated heterocycles. The van der Waals surface area contributed by atoms with Crippen LogP contribution in [0.5, 0.6) is 0 Å². The molecule has 0 saturated carbocycles. The second-order valence-electron chi connectivity index (χ2n) is 2.24. The lowest BCUT2D eigenvalue weighted by atomic mass is 10.6. The maximum absolute atomic E-state index is 5.01. The fourth-order valence-electron chi connectivity index (χ4n) is 0.950. The van der Waals surface area contributed by atoms with Crippen molar-refractivity contribution in [3.8, 4) is 0 Å². The van der Waals surface area contributed by atoms with Crippen LogP contribution in [-0.2, 0) is 9.68 Å². The Kier molecular flexibility index (Phi) is 6.44. The monoisotopic (exact) mass is 175 g/mol. The summed E-state index contributed by atoms with van der Waals surface area (Å²) < 4.78 is 0. The van der Waals surface area contributed by atoms with Gasteiger partial charge in [0.25, 0.3) is 0 Å². The summed E-state index contributed by atoms with van der Waals surface area (Å²) in [5.74, 6) is 0. The summed E-state index contributed by atoms with van der Waals surface area (Å²) in [6, 6.07) is 1.13. The Morgan fingerprint density at radius 3 is 2.27 bits per heavy atom. The van der Waals surface area contributed by atoms with Crippen molar-refractivity contribution in [3.05, 3.63) is 12.3 Å². The molecule has 4 heteroatoms. The minimum Gasteiger partial charge on any atom is -0.285 e. The van der Waals surface area contributed by atoms with Crippen molar-refractivity contribution in [1.82, 2.24) is 4.89 Å². The lowest BCUT2D eigenvalue weighted by Crippen LogP contribution is -2.35. The van der Waals surface area contributed by atoms with Gasteiger partial charge in [0.05, 0.1) is 14.2 Å². The summed E-state index contributed by atoms with van der Waals surface area (Å²) >= 11 is 0. The molecule has 0 radical (unpaired) electrons. The number of nitrogens with zero attached hydrogens (tertiary/aromatic N) is 1. The Hall–Kier alpha value is -0.163. The van der Waals surface area contributed by atoms with E-state index in [1.807, 2.05) is 5.70 Å². The van der Waals surface area contributed by atoms with E-state index in [2.05, 4.69) is 13.5 Å². The van der Waals surface area contributed by atoms with Gasteiger partial charge in [-0.15, -0.1) is 11.5 Å². The number of rotatable bonds is 6. The van der Waals surface area contributed by atoms with Crippen LogP contribution in [0, 0.1) is 0 Å². The molecular formula is C7H17NO2Si. The Bertz CT molecular complexity index is 107. The third kappa shape index (κ3) is 3.67. The van der Waals surface area contributed by atoms with Crippen LogP contribution in [0.2, 0.25) is 6.04 Å². The predicted molar refractivity (Wildman–Crippen MR) is 48.3 cm³/mol. The largest absolute Gasteiger partial charge is 0.285 e.